The SMILES string of the molecule is O=C(CC(F)(F)C(F)(F)C(F)(F)C(F)(F)C(F)(F)C(F)(F)C(F)(F)F)Nc1ccc(CCCc2nn[n-]n2)cc1.[Na+]. The molecule has 1 N–H and O–H groups in total. The van der Waals surface area contributed by atoms with Crippen LogP contribution in [0.5, 0.6) is 0 Å². The third-order valence-corrected chi connectivity index (χ3v) is 5.24. The van der Waals surface area contributed by atoms with Crippen molar-refractivity contribution in [3.63, 3.8) is 0 Å². The van der Waals surface area contributed by atoms with Crippen LogP contribution in [0.2, 0.25) is 0 Å². The van der Waals surface area contributed by atoms with E-state index in [0.717, 1.165) is 12.1 Å². The molecule has 0 saturated carbocycles. The molecule has 0 aliphatic rings. The number of hydrogen-bond acceptors (Lipinski definition) is 4. The molecule has 0 spiro atoms. The number of hydrogen-bond donors (Lipinski definition) is 1. The number of rotatable bonds is 12. The van der Waals surface area contributed by atoms with Gasteiger partial charge in [-0.2, -0.15) is 65.9 Å². The van der Waals surface area contributed by atoms with E-state index in [1.807, 2.05) is 0 Å². The fourth-order valence-corrected chi connectivity index (χ4v) is 2.99. The first kappa shape index (κ1) is 36.7. The second kappa shape index (κ2) is 12.1. The van der Waals surface area contributed by atoms with Gasteiger partial charge in [0.05, 0.1) is 6.42 Å². The van der Waals surface area contributed by atoms with Crippen LogP contribution >= 0.6 is 0 Å². The maximum absolute atomic E-state index is 13.9. The van der Waals surface area contributed by atoms with E-state index in [1.54, 1.807) is 0 Å². The van der Waals surface area contributed by atoms with Gasteiger partial charge in [0, 0.05) is 11.5 Å². The van der Waals surface area contributed by atoms with Crippen LogP contribution in [0.1, 0.15) is 24.2 Å². The Morgan fingerprint density at radius 3 is 1.66 bits per heavy atom. The Labute approximate surface area is 240 Å². The molecule has 22 heteroatoms. The van der Waals surface area contributed by atoms with Gasteiger partial charge in [-0.3, -0.25) is 20.3 Å². The number of halogens is 15. The van der Waals surface area contributed by atoms with E-state index in [4.69, 9.17) is 0 Å². The Morgan fingerprint density at radius 1 is 0.707 bits per heavy atom. The Morgan fingerprint density at radius 2 is 1.20 bits per heavy atom. The molecule has 0 saturated heterocycles. The number of nitrogens with zero attached hydrogens (tertiary/aromatic N) is 4. The van der Waals surface area contributed by atoms with Crippen LogP contribution in [0.3, 0.4) is 0 Å². The molecule has 41 heavy (non-hydrogen) atoms. The van der Waals surface area contributed by atoms with E-state index in [2.05, 4.69) is 20.6 Å². The van der Waals surface area contributed by atoms with Gasteiger partial charge in [0.2, 0.25) is 5.91 Å². The van der Waals surface area contributed by atoms with Gasteiger partial charge in [0.15, 0.2) is 0 Å². The molecule has 6 nitrogen and oxygen atoms in total. The molecule has 0 atom stereocenters. The summed E-state index contributed by atoms with van der Waals surface area (Å²) in [7, 11) is 0. The molecule has 1 heterocycles. The van der Waals surface area contributed by atoms with Gasteiger partial charge in [-0.05, 0) is 37.0 Å². The third kappa shape index (κ3) is 6.86. The van der Waals surface area contributed by atoms with Crippen molar-refractivity contribution in [2.45, 2.75) is 67.4 Å². The first-order valence-electron chi connectivity index (χ1n) is 10.3. The summed E-state index contributed by atoms with van der Waals surface area (Å²) in [5.41, 5.74) is 0.134. The largest absolute Gasteiger partial charge is 1.00 e. The van der Waals surface area contributed by atoms with Gasteiger partial charge in [0.25, 0.3) is 0 Å². The summed E-state index contributed by atoms with van der Waals surface area (Å²) < 4.78 is 198. The van der Waals surface area contributed by atoms with Crippen molar-refractivity contribution in [1.82, 2.24) is 20.6 Å². The second-order valence-electron chi connectivity index (χ2n) is 8.14. The predicted octanol–water partition coefficient (Wildman–Crippen LogP) is 2.71. The van der Waals surface area contributed by atoms with Crippen molar-refractivity contribution >= 4 is 11.6 Å². The monoisotopic (exact) mass is 635 g/mol. The van der Waals surface area contributed by atoms with E-state index in [-0.39, 0.29) is 29.6 Å². The number of aryl methyl sites for hydroxylation is 2. The first-order valence-corrected chi connectivity index (χ1v) is 10.3. The van der Waals surface area contributed by atoms with Crippen molar-refractivity contribution in [1.29, 1.82) is 0 Å². The second-order valence-corrected chi connectivity index (χ2v) is 8.14. The molecule has 0 unspecified atom stereocenters. The van der Waals surface area contributed by atoms with Crippen molar-refractivity contribution in [2.24, 2.45) is 0 Å². The zero-order valence-corrected chi connectivity index (χ0v) is 22.0. The van der Waals surface area contributed by atoms with Crippen LogP contribution in [-0.4, -0.2) is 63.0 Å². The summed E-state index contributed by atoms with van der Waals surface area (Å²) in [5, 5.41) is 15.1. The molecule has 0 fully saturated rings. The number of alkyl halides is 15. The van der Waals surface area contributed by atoms with Crippen molar-refractivity contribution in [2.75, 3.05) is 5.32 Å². The number of tetrazole rings is 1. The summed E-state index contributed by atoms with van der Waals surface area (Å²) >= 11 is 0. The van der Waals surface area contributed by atoms with Gasteiger partial charge >= 0.3 is 71.3 Å². The molecular weight excluding hydrogens is 622 g/mol. The van der Waals surface area contributed by atoms with Crippen LogP contribution in [0.25, 0.3) is 0 Å². The number of carbonyl (C=O) groups excluding carboxylic acids is 1. The molecule has 1 aromatic carbocycles. The summed E-state index contributed by atoms with van der Waals surface area (Å²) in [6, 6.07) is 4.58. The van der Waals surface area contributed by atoms with E-state index >= 15 is 0 Å². The molecule has 0 aliphatic heterocycles. The minimum Gasteiger partial charge on any atom is -0.335 e. The molecule has 226 valence electrons. The molecule has 2 rings (SSSR count). The standard InChI is InChI=1S/C19H14F15N5O.Na/c20-13(21,14(22,23)15(24,25)16(26,27)17(28,29)18(30,31)19(32,33)34)8-12(40)35-10-6-4-9(5-7-10)2-1-3-11-36-38-39-37-11;/h4-7H,1-3,8H2,(H2,35,36,37,38,39,40);/q;+1/p-1. The molecule has 2 aromatic rings. The molecule has 1 amide bonds. The van der Waals surface area contributed by atoms with Crippen molar-refractivity contribution in [3.05, 3.63) is 35.7 Å². The van der Waals surface area contributed by atoms with E-state index in [9.17, 15) is 70.7 Å². The van der Waals surface area contributed by atoms with Gasteiger partial charge in [-0.25, -0.2) is 0 Å². The molecule has 0 bridgehead atoms. The summed E-state index contributed by atoms with van der Waals surface area (Å²) in [5.74, 6) is -49.4. The summed E-state index contributed by atoms with van der Waals surface area (Å²) in [6.45, 7) is 0. The Balaban J connectivity index is 0.00000840. The van der Waals surface area contributed by atoms with Gasteiger partial charge in [-0.15, -0.1) is 0 Å². The normalized spacial score (nSPS) is 14.0. The third-order valence-electron chi connectivity index (χ3n) is 5.24. The molecule has 1 aromatic heterocycles. The molecule has 0 aliphatic carbocycles. The number of carbonyl (C=O) groups is 1. The number of aromatic nitrogens is 4. The fraction of sp³-hybridized carbons (Fsp3) is 0.579. The number of nitrogens with one attached hydrogen (secondary N) is 1. The van der Waals surface area contributed by atoms with Crippen LogP contribution in [-0.2, 0) is 17.6 Å². The Kier molecular flexibility index (Phi) is 10.9. The van der Waals surface area contributed by atoms with Crippen LogP contribution < -0.4 is 40.1 Å². The summed E-state index contributed by atoms with van der Waals surface area (Å²) in [4.78, 5) is 11.7. The number of benzene rings is 1. The van der Waals surface area contributed by atoms with E-state index < -0.39 is 59.7 Å². The number of anilines is 1. The Hall–Kier alpha value is -2.29. The maximum atomic E-state index is 13.9. The first-order chi connectivity index (χ1) is 17.9. The average Bonchev–Trinajstić information content (AvgIpc) is 3.32. The van der Waals surface area contributed by atoms with Crippen molar-refractivity contribution < 1.29 is 100 Å². The number of amides is 1. The fourth-order valence-electron chi connectivity index (χ4n) is 2.99. The Bertz CT molecular complexity index is 1150. The van der Waals surface area contributed by atoms with Crippen molar-refractivity contribution in [3.8, 4) is 0 Å². The predicted molar refractivity (Wildman–Crippen MR) is 101 cm³/mol. The maximum Gasteiger partial charge on any atom is 1.00 e. The topological polar surface area (TPSA) is 81.9 Å². The van der Waals surface area contributed by atoms with Gasteiger partial charge in [0.1, 0.15) is 0 Å². The van der Waals surface area contributed by atoms with Crippen LogP contribution in [0, 0.1) is 0 Å². The zero-order valence-electron chi connectivity index (χ0n) is 20.0. The van der Waals surface area contributed by atoms with Gasteiger partial charge < -0.3 is 10.4 Å². The molecule has 0 radical (unpaired) electrons. The minimum absolute atomic E-state index is 0. The quantitative estimate of drug-likeness (QED) is 0.287. The zero-order chi connectivity index (χ0) is 31.0. The van der Waals surface area contributed by atoms with Gasteiger partial charge in [-0.1, -0.05) is 12.1 Å². The van der Waals surface area contributed by atoms with Crippen LogP contribution in [0.4, 0.5) is 71.5 Å². The smallest absolute Gasteiger partial charge is 0.335 e. The van der Waals surface area contributed by atoms with Crippen LogP contribution in [0.15, 0.2) is 24.3 Å². The van der Waals surface area contributed by atoms with E-state index in [0.29, 0.717) is 30.7 Å². The molecular formula is C19H13F15N5NaO. The average molecular weight is 635 g/mol. The van der Waals surface area contributed by atoms with E-state index in [1.165, 1.54) is 17.4 Å². The summed E-state index contributed by atoms with van der Waals surface area (Å²) in [6.07, 6.45) is -9.63. The minimum atomic E-state index is -8.40.